The predicted molar refractivity (Wildman–Crippen MR) is 339 cm³/mol. The minimum atomic E-state index is -0.779. The molecule has 0 spiro atoms. The molecule has 0 rings (SSSR count). The second-order valence-corrected chi connectivity index (χ2v) is 22.4. The third-order valence-electron chi connectivity index (χ3n) is 14.6. The summed E-state index contributed by atoms with van der Waals surface area (Å²) >= 11 is 0. The minimum Gasteiger partial charge on any atom is -0.462 e. The average molecular weight is 1090 g/mol. The maximum atomic E-state index is 12.9. The summed E-state index contributed by atoms with van der Waals surface area (Å²) in [5, 5.41) is 0. The van der Waals surface area contributed by atoms with Crippen molar-refractivity contribution in [2.45, 2.75) is 341 Å². The molecule has 0 amide bonds. The van der Waals surface area contributed by atoms with Crippen molar-refractivity contribution in [2.24, 2.45) is 0 Å². The van der Waals surface area contributed by atoms with Crippen LogP contribution in [0.5, 0.6) is 0 Å². The largest absolute Gasteiger partial charge is 0.462 e. The van der Waals surface area contributed by atoms with Crippen molar-refractivity contribution in [1.82, 2.24) is 0 Å². The number of carbonyl (C=O) groups is 3. The Bertz CT molecular complexity index is 1480. The lowest BCUT2D eigenvalue weighted by atomic mass is 10.0. The third-order valence-corrected chi connectivity index (χ3v) is 14.6. The van der Waals surface area contributed by atoms with Gasteiger partial charge in [-0.3, -0.25) is 14.4 Å². The fourth-order valence-corrected chi connectivity index (χ4v) is 9.63. The molecule has 0 radical (unpaired) electrons. The Labute approximate surface area is 484 Å². The van der Waals surface area contributed by atoms with Crippen LogP contribution in [0.15, 0.2) is 85.1 Å². The average Bonchev–Trinajstić information content (AvgIpc) is 3.44. The molecule has 0 aliphatic rings. The molecule has 450 valence electrons. The predicted octanol–water partition coefficient (Wildman–Crippen LogP) is 23.1. The maximum Gasteiger partial charge on any atom is 0.306 e. The van der Waals surface area contributed by atoms with Gasteiger partial charge in [0.2, 0.25) is 0 Å². The van der Waals surface area contributed by atoms with Gasteiger partial charge >= 0.3 is 17.9 Å². The summed E-state index contributed by atoms with van der Waals surface area (Å²) in [6.45, 7) is 6.49. The Kier molecular flexibility index (Phi) is 63.2. The molecular weight excluding hydrogens is 961 g/mol. The molecule has 1 unspecified atom stereocenters. The van der Waals surface area contributed by atoms with E-state index >= 15 is 0 Å². The zero-order chi connectivity index (χ0) is 56.4. The Hall–Kier alpha value is -3.41. The van der Waals surface area contributed by atoms with E-state index < -0.39 is 6.10 Å². The van der Waals surface area contributed by atoms with Gasteiger partial charge in [-0.05, 0) is 89.9 Å². The standard InChI is InChI=1S/C72H126O6/c1-4-7-10-13-16-19-22-25-27-28-29-30-31-32-33-34-35-36-37-38-39-40-41-42-43-44-45-48-50-53-56-59-62-65-71(74)77-68-69(67-76-70(73)64-61-58-55-52-49-46-24-21-18-15-12-9-6-3)78-72(75)66-63-60-57-54-51-47-26-23-20-17-14-11-8-5-2/h7,10,12,15-16,19,21,24-25,27,29-30,32-33,69H,4-6,8-9,11,13-14,17-18,20,22-23,26,28,31,34-68H2,1-3H3/b10-7-,15-12-,19-16-,24-21-,27-25-,30-29-,33-32-. The summed E-state index contributed by atoms with van der Waals surface area (Å²) in [5.74, 6) is -0.874. The third kappa shape index (κ3) is 63.4. The summed E-state index contributed by atoms with van der Waals surface area (Å²) in [6, 6.07) is 0. The molecule has 0 saturated carbocycles. The first-order valence-electron chi connectivity index (χ1n) is 33.6. The lowest BCUT2D eigenvalue weighted by Crippen LogP contribution is -2.30. The highest BCUT2D eigenvalue weighted by atomic mass is 16.6. The molecule has 0 bridgehead atoms. The molecule has 6 nitrogen and oxygen atoms in total. The molecule has 1 atom stereocenters. The van der Waals surface area contributed by atoms with Crippen LogP contribution < -0.4 is 0 Å². The van der Waals surface area contributed by atoms with Gasteiger partial charge < -0.3 is 14.2 Å². The number of allylic oxidation sites excluding steroid dienone is 14. The number of unbranched alkanes of at least 4 members (excludes halogenated alkanes) is 36. The number of hydrogen-bond acceptors (Lipinski definition) is 6. The summed E-state index contributed by atoms with van der Waals surface area (Å²) in [7, 11) is 0. The van der Waals surface area contributed by atoms with Crippen LogP contribution in [-0.4, -0.2) is 37.2 Å². The molecule has 0 aliphatic heterocycles. The van der Waals surface area contributed by atoms with Crippen LogP contribution >= 0.6 is 0 Å². The Balaban J connectivity index is 4.13. The quantitative estimate of drug-likeness (QED) is 0.0261. The van der Waals surface area contributed by atoms with E-state index in [0.29, 0.717) is 19.3 Å². The van der Waals surface area contributed by atoms with Crippen LogP contribution in [0.1, 0.15) is 335 Å². The highest BCUT2D eigenvalue weighted by Gasteiger charge is 2.19. The van der Waals surface area contributed by atoms with Gasteiger partial charge in [0.15, 0.2) is 6.10 Å². The minimum absolute atomic E-state index is 0.0759. The molecule has 0 aromatic heterocycles. The molecule has 0 aromatic rings. The maximum absolute atomic E-state index is 12.9. The summed E-state index contributed by atoms with van der Waals surface area (Å²) in [5.41, 5.74) is 0. The van der Waals surface area contributed by atoms with Crippen molar-refractivity contribution in [1.29, 1.82) is 0 Å². The van der Waals surface area contributed by atoms with Crippen molar-refractivity contribution >= 4 is 17.9 Å². The van der Waals surface area contributed by atoms with Crippen molar-refractivity contribution in [2.75, 3.05) is 13.2 Å². The molecule has 0 fully saturated rings. The second kappa shape index (κ2) is 66.1. The Morgan fingerprint density at radius 1 is 0.269 bits per heavy atom. The van der Waals surface area contributed by atoms with E-state index in [1.54, 1.807) is 0 Å². The second-order valence-electron chi connectivity index (χ2n) is 22.4. The molecule has 6 heteroatoms. The SMILES string of the molecule is CC/C=C\C/C=C\C/C=C\C/C=C\C/C=C\CCCCCCCCCCCCCCCCCCCC(=O)OCC(COC(=O)CCCCCCC/C=C\C/C=C\CCC)OC(=O)CCCCCCCCCCCCCCCC. The fourth-order valence-electron chi connectivity index (χ4n) is 9.63. The van der Waals surface area contributed by atoms with Gasteiger partial charge in [-0.2, -0.15) is 0 Å². The molecule has 0 heterocycles. The van der Waals surface area contributed by atoms with Crippen molar-refractivity contribution < 1.29 is 28.6 Å². The molecule has 0 N–H and O–H groups in total. The van der Waals surface area contributed by atoms with E-state index in [1.807, 2.05) is 0 Å². The number of carbonyl (C=O) groups excluding carboxylic acids is 3. The van der Waals surface area contributed by atoms with Crippen LogP contribution in [0.25, 0.3) is 0 Å². The zero-order valence-corrected chi connectivity index (χ0v) is 51.7. The van der Waals surface area contributed by atoms with Crippen LogP contribution in [0.4, 0.5) is 0 Å². The molecule has 0 aromatic carbocycles. The summed E-state index contributed by atoms with van der Waals surface area (Å²) in [4.78, 5) is 38.3. The van der Waals surface area contributed by atoms with E-state index in [4.69, 9.17) is 14.2 Å². The highest BCUT2D eigenvalue weighted by molar-refractivity contribution is 5.71. The van der Waals surface area contributed by atoms with Crippen molar-refractivity contribution in [3.8, 4) is 0 Å². The molecule has 78 heavy (non-hydrogen) atoms. The lowest BCUT2D eigenvalue weighted by Gasteiger charge is -2.18. The smallest absolute Gasteiger partial charge is 0.306 e. The highest BCUT2D eigenvalue weighted by Crippen LogP contribution is 2.17. The van der Waals surface area contributed by atoms with E-state index in [2.05, 4.69) is 106 Å². The lowest BCUT2D eigenvalue weighted by molar-refractivity contribution is -0.167. The van der Waals surface area contributed by atoms with Crippen LogP contribution in [0.2, 0.25) is 0 Å². The Morgan fingerprint density at radius 2 is 0.526 bits per heavy atom. The van der Waals surface area contributed by atoms with Gasteiger partial charge in [-0.25, -0.2) is 0 Å². The van der Waals surface area contributed by atoms with Crippen LogP contribution in [0.3, 0.4) is 0 Å². The summed E-state index contributed by atoms with van der Waals surface area (Å²) in [6.07, 6.45) is 87.5. The van der Waals surface area contributed by atoms with E-state index in [-0.39, 0.29) is 31.1 Å². The summed E-state index contributed by atoms with van der Waals surface area (Å²) < 4.78 is 16.9. The first-order chi connectivity index (χ1) is 38.5. The first-order valence-corrected chi connectivity index (χ1v) is 33.6. The van der Waals surface area contributed by atoms with E-state index in [9.17, 15) is 14.4 Å². The van der Waals surface area contributed by atoms with Crippen LogP contribution in [-0.2, 0) is 28.6 Å². The van der Waals surface area contributed by atoms with Crippen molar-refractivity contribution in [3.05, 3.63) is 85.1 Å². The molecule has 0 aliphatic carbocycles. The van der Waals surface area contributed by atoms with E-state index in [1.165, 1.54) is 180 Å². The van der Waals surface area contributed by atoms with Gasteiger partial charge in [0.05, 0.1) is 0 Å². The topological polar surface area (TPSA) is 78.9 Å². The van der Waals surface area contributed by atoms with Gasteiger partial charge in [0.25, 0.3) is 0 Å². The number of ether oxygens (including phenoxy) is 3. The van der Waals surface area contributed by atoms with Gasteiger partial charge in [0, 0.05) is 19.3 Å². The first kappa shape index (κ1) is 74.6. The van der Waals surface area contributed by atoms with Crippen LogP contribution in [0, 0.1) is 0 Å². The Morgan fingerprint density at radius 3 is 0.833 bits per heavy atom. The zero-order valence-electron chi connectivity index (χ0n) is 51.7. The van der Waals surface area contributed by atoms with Gasteiger partial charge in [-0.15, -0.1) is 0 Å². The fraction of sp³-hybridized carbons (Fsp3) is 0.764. The molecule has 0 saturated heterocycles. The number of esters is 3. The van der Waals surface area contributed by atoms with E-state index in [0.717, 1.165) is 116 Å². The monoisotopic (exact) mass is 1090 g/mol. The number of hydrogen-bond donors (Lipinski definition) is 0. The van der Waals surface area contributed by atoms with Gasteiger partial charge in [0.1, 0.15) is 13.2 Å². The van der Waals surface area contributed by atoms with Crippen molar-refractivity contribution in [3.63, 3.8) is 0 Å². The normalized spacial score (nSPS) is 12.6. The molecular formula is C72H126O6. The number of rotatable bonds is 61. The van der Waals surface area contributed by atoms with Gasteiger partial charge in [-0.1, -0.05) is 311 Å².